The molecule has 0 aliphatic heterocycles. The Balaban J connectivity index is 1.45. The number of halogens is 2. The van der Waals surface area contributed by atoms with Gasteiger partial charge in [0.1, 0.15) is 24.5 Å². The number of hydrogen-bond acceptors (Lipinski definition) is 5. The summed E-state index contributed by atoms with van der Waals surface area (Å²) in [5.41, 5.74) is 1.68. The van der Waals surface area contributed by atoms with Crippen molar-refractivity contribution in [2.75, 3.05) is 18.7 Å². The highest BCUT2D eigenvalue weighted by molar-refractivity contribution is 7.88. The molecule has 3 aliphatic rings. The van der Waals surface area contributed by atoms with Crippen LogP contribution in [0.1, 0.15) is 56.7 Å². The molecule has 3 aliphatic carbocycles. The number of hydrogen-bond donors (Lipinski definition) is 1. The SMILES string of the molecule is CC(Oc1ccc(C(C)(C)c2cc(Cl)c(OCCCl)c(C#N)c2)cc1)C12CC(NS(C)(=O)=O)(C1)C2. The molecule has 0 aromatic heterocycles. The van der Waals surface area contributed by atoms with Crippen LogP contribution in [0.3, 0.4) is 0 Å². The van der Waals surface area contributed by atoms with Gasteiger partial charge in [-0.15, -0.1) is 11.6 Å². The fourth-order valence-corrected chi connectivity index (χ4v) is 6.92. The number of nitrogens with one attached hydrogen (secondary N) is 1. The first-order valence-electron chi connectivity index (χ1n) is 11.5. The van der Waals surface area contributed by atoms with Crippen LogP contribution in [-0.4, -0.2) is 38.8 Å². The Hall–Kier alpha value is -1.98. The molecule has 9 heteroatoms. The summed E-state index contributed by atoms with van der Waals surface area (Å²) in [7, 11) is -3.20. The topological polar surface area (TPSA) is 88.4 Å². The predicted octanol–water partition coefficient (Wildman–Crippen LogP) is 5.39. The normalized spacial score (nSPS) is 24.0. The number of nitriles is 1. The number of rotatable bonds is 10. The highest BCUT2D eigenvalue weighted by atomic mass is 35.5. The maximum atomic E-state index is 11.6. The van der Waals surface area contributed by atoms with Gasteiger partial charge < -0.3 is 9.47 Å². The van der Waals surface area contributed by atoms with Gasteiger partial charge in [-0.25, -0.2) is 13.1 Å². The predicted molar refractivity (Wildman–Crippen MR) is 138 cm³/mol. The minimum absolute atomic E-state index is 0.0119. The van der Waals surface area contributed by atoms with Gasteiger partial charge in [-0.1, -0.05) is 37.6 Å². The van der Waals surface area contributed by atoms with Crippen molar-refractivity contribution in [3.8, 4) is 17.6 Å². The zero-order valence-corrected chi connectivity index (χ0v) is 22.6. The van der Waals surface area contributed by atoms with E-state index >= 15 is 0 Å². The monoisotopic (exact) mass is 536 g/mol. The average Bonchev–Trinajstić information content (AvgIpc) is 2.73. The third-order valence-electron chi connectivity index (χ3n) is 7.43. The Labute approximate surface area is 217 Å². The third-order valence-corrected chi connectivity index (χ3v) is 8.67. The summed E-state index contributed by atoms with van der Waals surface area (Å²) in [6.45, 7) is 6.48. The lowest BCUT2D eigenvalue weighted by molar-refractivity contribution is -0.193. The lowest BCUT2D eigenvalue weighted by Crippen LogP contribution is -2.77. The molecule has 5 rings (SSSR count). The Kier molecular flexibility index (Phi) is 6.82. The number of sulfonamides is 1. The Bertz CT molecular complexity index is 1250. The number of alkyl halides is 1. The second kappa shape index (κ2) is 9.15. The quantitative estimate of drug-likeness (QED) is 0.411. The van der Waals surface area contributed by atoms with E-state index in [1.165, 1.54) is 6.26 Å². The van der Waals surface area contributed by atoms with Crippen molar-refractivity contribution in [1.29, 1.82) is 5.26 Å². The molecular weight excluding hydrogens is 507 g/mol. The third kappa shape index (κ3) is 4.99. The zero-order chi connectivity index (χ0) is 25.6. The van der Waals surface area contributed by atoms with Gasteiger partial charge in [0, 0.05) is 16.4 Å². The van der Waals surface area contributed by atoms with Crippen molar-refractivity contribution in [3.63, 3.8) is 0 Å². The molecule has 1 N–H and O–H groups in total. The van der Waals surface area contributed by atoms with Crippen LogP contribution < -0.4 is 14.2 Å². The van der Waals surface area contributed by atoms with Gasteiger partial charge in [-0.2, -0.15) is 5.26 Å². The second-order valence-corrected chi connectivity index (χ2v) is 13.0. The molecule has 0 amide bonds. The minimum atomic E-state index is -3.20. The van der Waals surface area contributed by atoms with Crippen molar-refractivity contribution >= 4 is 33.2 Å². The van der Waals surface area contributed by atoms with Crippen LogP contribution in [0.15, 0.2) is 36.4 Å². The van der Waals surface area contributed by atoms with Crippen LogP contribution in [0.5, 0.6) is 11.5 Å². The standard InChI is InChI=1S/C26H30Cl2N2O4S/c1-17(25-14-26(15-25,16-25)30-35(4,31)32)34-21-7-5-19(6-8-21)24(2,3)20-11-18(13-29)23(22(28)12-20)33-10-9-27/h5-8,11-12,17,30H,9-10,14-16H2,1-4H3. The van der Waals surface area contributed by atoms with Crippen LogP contribution in [-0.2, 0) is 15.4 Å². The van der Waals surface area contributed by atoms with E-state index in [-0.39, 0.29) is 23.7 Å². The molecule has 2 aromatic rings. The molecule has 0 spiro atoms. The Morgan fingerprint density at radius 3 is 2.34 bits per heavy atom. The summed E-state index contributed by atoms with van der Waals surface area (Å²) in [5.74, 6) is 1.43. The van der Waals surface area contributed by atoms with Gasteiger partial charge in [-0.3, -0.25) is 0 Å². The van der Waals surface area contributed by atoms with Crippen LogP contribution in [0.4, 0.5) is 0 Å². The van der Waals surface area contributed by atoms with Gasteiger partial charge in [0.05, 0.1) is 22.7 Å². The van der Waals surface area contributed by atoms with Crippen LogP contribution in [0.2, 0.25) is 5.02 Å². The van der Waals surface area contributed by atoms with Gasteiger partial charge in [0.25, 0.3) is 0 Å². The second-order valence-electron chi connectivity index (χ2n) is 10.4. The van der Waals surface area contributed by atoms with E-state index < -0.39 is 15.4 Å². The van der Waals surface area contributed by atoms with E-state index in [2.05, 4.69) is 31.6 Å². The van der Waals surface area contributed by atoms with E-state index in [4.69, 9.17) is 32.7 Å². The maximum Gasteiger partial charge on any atom is 0.209 e. The number of ether oxygens (including phenoxy) is 2. The summed E-state index contributed by atoms with van der Waals surface area (Å²) in [5, 5.41) is 10.00. The maximum absolute atomic E-state index is 11.6. The summed E-state index contributed by atoms with van der Waals surface area (Å²) in [6.07, 6.45) is 3.63. The Morgan fingerprint density at radius 2 is 1.80 bits per heavy atom. The smallest absolute Gasteiger partial charge is 0.209 e. The molecule has 2 aromatic carbocycles. The summed E-state index contributed by atoms with van der Waals surface area (Å²) < 4.78 is 37.8. The van der Waals surface area contributed by atoms with Crippen molar-refractivity contribution in [3.05, 3.63) is 58.1 Å². The summed E-state index contributed by atoms with van der Waals surface area (Å²) >= 11 is 12.2. The lowest BCUT2D eigenvalue weighted by Gasteiger charge is -2.71. The summed E-state index contributed by atoms with van der Waals surface area (Å²) in [4.78, 5) is 0. The lowest BCUT2D eigenvalue weighted by atomic mass is 9.38. The molecule has 6 nitrogen and oxygen atoms in total. The van der Waals surface area contributed by atoms with Gasteiger partial charge in [0.2, 0.25) is 10.0 Å². The van der Waals surface area contributed by atoms with Gasteiger partial charge in [-0.05, 0) is 61.6 Å². The molecule has 3 fully saturated rings. The highest BCUT2D eigenvalue weighted by Crippen LogP contribution is 2.69. The number of benzene rings is 2. The largest absolute Gasteiger partial charge is 0.490 e. The van der Waals surface area contributed by atoms with E-state index in [9.17, 15) is 13.7 Å². The van der Waals surface area contributed by atoms with Gasteiger partial charge >= 0.3 is 0 Å². The zero-order valence-electron chi connectivity index (χ0n) is 20.3. The molecule has 0 radical (unpaired) electrons. The van der Waals surface area contributed by atoms with E-state index in [1.807, 2.05) is 36.4 Å². The Morgan fingerprint density at radius 1 is 1.17 bits per heavy atom. The van der Waals surface area contributed by atoms with E-state index in [0.29, 0.717) is 22.2 Å². The molecule has 188 valence electrons. The first-order chi connectivity index (χ1) is 16.3. The minimum Gasteiger partial charge on any atom is -0.490 e. The molecule has 2 bridgehead atoms. The molecule has 0 saturated heterocycles. The molecule has 1 unspecified atom stereocenters. The fourth-order valence-electron chi connectivity index (χ4n) is 5.57. The first-order valence-corrected chi connectivity index (χ1v) is 14.3. The highest BCUT2D eigenvalue weighted by Gasteiger charge is 2.71. The van der Waals surface area contributed by atoms with Crippen LogP contribution in [0, 0.1) is 16.7 Å². The molecule has 3 saturated carbocycles. The average molecular weight is 538 g/mol. The molecule has 0 heterocycles. The van der Waals surface area contributed by atoms with Crippen molar-refractivity contribution in [1.82, 2.24) is 4.72 Å². The number of nitrogens with zero attached hydrogens (tertiary/aromatic N) is 1. The van der Waals surface area contributed by atoms with Crippen molar-refractivity contribution in [2.45, 2.75) is 57.1 Å². The molecule has 35 heavy (non-hydrogen) atoms. The van der Waals surface area contributed by atoms with E-state index in [1.54, 1.807) is 0 Å². The molecule has 1 atom stereocenters. The van der Waals surface area contributed by atoms with Crippen molar-refractivity contribution in [2.24, 2.45) is 5.41 Å². The summed E-state index contributed by atoms with van der Waals surface area (Å²) in [6, 6.07) is 13.8. The fraction of sp³-hybridized carbons (Fsp3) is 0.500. The molecular formula is C26H30Cl2N2O4S. The van der Waals surface area contributed by atoms with Crippen molar-refractivity contribution < 1.29 is 17.9 Å². The van der Waals surface area contributed by atoms with Crippen LogP contribution in [0.25, 0.3) is 0 Å². The van der Waals surface area contributed by atoms with E-state index in [0.717, 1.165) is 36.1 Å². The first kappa shape index (κ1) is 26.1. The van der Waals surface area contributed by atoms with Crippen LogP contribution >= 0.6 is 23.2 Å². The van der Waals surface area contributed by atoms with Gasteiger partial charge in [0.15, 0.2) is 5.75 Å².